The molecule has 140 valence electrons. The normalized spacial score (nSPS) is 11.9. The van der Waals surface area contributed by atoms with Gasteiger partial charge in [0.25, 0.3) is 0 Å². The van der Waals surface area contributed by atoms with Crippen LogP contribution >= 0.6 is 11.3 Å². The zero-order valence-corrected chi connectivity index (χ0v) is 15.4. The van der Waals surface area contributed by atoms with Crippen molar-refractivity contribution in [2.75, 3.05) is 0 Å². The van der Waals surface area contributed by atoms with Crippen LogP contribution in [0, 0.1) is 0 Å². The smallest absolute Gasteiger partial charge is 0.303 e. The molecule has 1 amide bonds. The third kappa shape index (κ3) is 5.79. The minimum absolute atomic E-state index is 0.00423. The van der Waals surface area contributed by atoms with E-state index in [0.717, 1.165) is 10.4 Å². The summed E-state index contributed by atoms with van der Waals surface area (Å²) in [4.78, 5) is 28.6. The van der Waals surface area contributed by atoms with Crippen LogP contribution in [0.15, 0.2) is 58.5 Å². The number of carboxylic acids is 1. The Kier molecular flexibility index (Phi) is 6.38. The summed E-state index contributed by atoms with van der Waals surface area (Å²) in [7, 11) is 0. The SMILES string of the molecule is O=C(O)CCC(Cc1ccccc1)NC(=O)Cc1coc(-c2cccs2)n1. The number of amides is 1. The first-order valence-corrected chi connectivity index (χ1v) is 9.51. The Morgan fingerprint density at radius 2 is 2.00 bits per heavy atom. The quantitative estimate of drug-likeness (QED) is 0.589. The van der Waals surface area contributed by atoms with Gasteiger partial charge in [-0.05, 0) is 29.9 Å². The molecule has 3 aromatic rings. The van der Waals surface area contributed by atoms with E-state index in [9.17, 15) is 9.59 Å². The number of hydrogen-bond acceptors (Lipinski definition) is 5. The van der Waals surface area contributed by atoms with Gasteiger partial charge in [-0.2, -0.15) is 0 Å². The van der Waals surface area contributed by atoms with Crippen LogP contribution in [0.3, 0.4) is 0 Å². The highest BCUT2D eigenvalue weighted by molar-refractivity contribution is 7.13. The molecule has 0 aliphatic rings. The standard InChI is InChI=1S/C20H20N2O4S/c23-18(12-16-13-26-20(22-16)17-7-4-10-27-17)21-15(8-9-19(24)25)11-14-5-2-1-3-6-14/h1-7,10,13,15H,8-9,11-12H2,(H,21,23)(H,24,25). The van der Waals surface area contributed by atoms with Crippen LogP contribution in [0.4, 0.5) is 0 Å². The first kappa shape index (κ1) is 18.8. The Bertz CT molecular complexity index is 875. The number of aliphatic carboxylic acids is 1. The van der Waals surface area contributed by atoms with Gasteiger partial charge in [0.15, 0.2) is 0 Å². The Morgan fingerprint density at radius 3 is 2.70 bits per heavy atom. The summed E-state index contributed by atoms with van der Waals surface area (Å²) in [6, 6.07) is 13.3. The van der Waals surface area contributed by atoms with E-state index in [2.05, 4.69) is 10.3 Å². The fourth-order valence-electron chi connectivity index (χ4n) is 2.77. The fraction of sp³-hybridized carbons (Fsp3) is 0.250. The molecule has 7 heteroatoms. The monoisotopic (exact) mass is 384 g/mol. The zero-order chi connectivity index (χ0) is 19.1. The molecule has 2 heterocycles. The van der Waals surface area contributed by atoms with Crippen LogP contribution in [0.2, 0.25) is 0 Å². The van der Waals surface area contributed by atoms with Crippen molar-refractivity contribution in [3.63, 3.8) is 0 Å². The Labute approximate surface area is 160 Å². The highest BCUT2D eigenvalue weighted by Crippen LogP contribution is 2.23. The molecule has 1 aromatic carbocycles. The number of nitrogens with zero attached hydrogens (tertiary/aromatic N) is 1. The van der Waals surface area contributed by atoms with Gasteiger partial charge in [-0.3, -0.25) is 9.59 Å². The minimum atomic E-state index is -0.876. The van der Waals surface area contributed by atoms with Gasteiger partial charge in [-0.1, -0.05) is 36.4 Å². The molecule has 2 aromatic heterocycles. The molecule has 0 fully saturated rings. The van der Waals surface area contributed by atoms with Crippen LogP contribution in [-0.4, -0.2) is 28.0 Å². The number of thiophene rings is 1. The number of carbonyl (C=O) groups excluding carboxylic acids is 1. The maximum Gasteiger partial charge on any atom is 0.303 e. The molecule has 0 bridgehead atoms. The van der Waals surface area contributed by atoms with Crippen molar-refractivity contribution >= 4 is 23.2 Å². The van der Waals surface area contributed by atoms with E-state index in [0.29, 0.717) is 24.4 Å². The van der Waals surface area contributed by atoms with E-state index in [1.54, 1.807) is 0 Å². The summed E-state index contributed by atoms with van der Waals surface area (Å²) in [5.41, 5.74) is 1.60. The van der Waals surface area contributed by atoms with Crippen molar-refractivity contribution in [2.24, 2.45) is 0 Å². The number of rotatable bonds is 9. The number of carboxylic acid groups (broad SMARTS) is 1. The number of aromatic nitrogens is 1. The van der Waals surface area contributed by atoms with Crippen LogP contribution in [-0.2, 0) is 22.4 Å². The highest BCUT2D eigenvalue weighted by atomic mass is 32.1. The van der Waals surface area contributed by atoms with Crippen LogP contribution in [0.25, 0.3) is 10.8 Å². The molecule has 2 N–H and O–H groups in total. The molecule has 0 saturated heterocycles. The molecule has 1 atom stereocenters. The largest absolute Gasteiger partial charge is 0.481 e. The number of hydrogen-bond donors (Lipinski definition) is 2. The van der Waals surface area contributed by atoms with Gasteiger partial charge in [0, 0.05) is 12.5 Å². The summed E-state index contributed by atoms with van der Waals surface area (Å²) in [5.74, 6) is -0.578. The van der Waals surface area contributed by atoms with Crippen LogP contribution in [0.5, 0.6) is 0 Å². The van der Waals surface area contributed by atoms with Gasteiger partial charge in [-0.25, -0.2) is 4.98 Å². The maximum atomic E-state index is 12.4. The van der Waals surface area contributed by atoms with Crippen molar-refractivity contribution in [2.45, 2.75) is 31.7 Å². The molecule has 1 unspecified atom stereocenters. The number of benzene rings is 1. The summed E-state index contributed by atoms with van der Waals surface area (Å²) in [6.45, 7) is 0. The van der Waals surface area contributed by atoms with E-state index < -0.39 is 5.97 Å². The maximum absolute atomic E-state index is 12.4. The summed E-state index contributed by atoms with van der Waals surface area (Å²) >= 11 is 1.52. The molecule has 0 spiro atoms. The van der Waals surface area contributed by atoms with Crippen molar-refractivity contribution in [3.8, 4) is 10.8 Å². The number of oxazole rings is 1. The average Bonchev–Trinajstić information content (AvgIpc) is 3.32. The number of nitrogens with one attached hydrogen (secondary N) is 1. The summed E-state index contributed by atoms with van der Waals surface area (Å²) < 4.78 is 5.43. The predicted octanol–water partition coefficient (Wildman–Crippen LogP) is 3.54. The van der Waals surface area contributed by atoms with Crippen molar-refractivity contribution < 1.29 is 19.1 Å². The van der Waals surface area contributed by atoms with Crippen LogP contribution in [0.1, 0.15) is 24.1 Å². The lowest BCUT2D eigenvalue weighted by molar-refractivity contribution is -0.137. The summed E-state index contributed by atoms with van der Waals surface area (Å²) in [6.07, 6.45) is 2.53. The first-order chi connectivity index (χ1) is 13.1. The Morgan fingerprint density at radius 1 is 1.19 bits per heavy atom. The second-order valence-electron chi connectivity index (χ2n) is 6.18. The molecule has 3 rings (SSSR count). The predicted molar refractivity (Wildman–Crippen MR) is 102 cm³/mol. The van der Waals surface area contributed by atoms with E-state index >= 15 is 0 Å². The zero-order valence-electron chi connectivity index (χ0n) is 14.6. The van der Waals surface area contributed by atoms with Crippen molar-refractivity contribution in [1.29, 1.82) is 0 Å². The molecule has 0 radical (unpaired) electrons. The molecule has 6 nitrogen and oxygen atoms in total. The van der Waals surface area contributed by atoms with Gasteiger partial charge in [0.1, 0.15) is 6.26 Å². The molecule has 0 aliphatic carbocycles. The fourth-order valence-corrected chi connectivity index (χ4v) is 3.42. The van der Waals surface area contributed by atoms with Crippen molar-refractivity contribution in [3.05, 3.63) is 65.4 Å². The third-order valence-corrected chi connectivity index (χ3v) is 4.88. The molecule has 0 aliphatic heterocycles. The lowest BCUT2D eigenvalue weighted by Gasteiger charge is -2.18. The Balaban J connectivity index is 1.60. The molecular weight excluding hydrogens is 364 g/mol. The lowest BCUT2D eigenvalue weighted by atomic mass is 10.0. The van der Waals surface area contributed by atoms with Gasteiger partial charge in [-0.15, -0.1) is 11.3 Å². The van der Waals surface area contributed by atoms with Gasteiger partial charge in [0.2, 0.25) is 11.8 Å². The van der Waals surface area contributed by atoms with E-state index in [-0.39, 0.29) is 24.8 Å². The van der Waals surface area contributed by atoms with Gasteiger partial charge >= 0.3 is 5.97 Å². The topological polar surface area (TPSA) is 92.4 Å². The summed E-state index contributed by atoms with van der Waals surface area (Å²) in [5, 5.41) is 13.8. The average molecular weight is 384 g/mol. The minimum Gasteiger partial charge on any atom is -0.481 e. The lowest BCUT2D eigenvalue weighted by Crippen LogP contribution is -2.37. The first-order valence-electron chi connectivity index (χ1n) is 8.63. The molecule has 0 saturated carbocycles. The van der Waals surface area contributed by atoms with E-state index in [1.165, 1.54) is 17.6 Å². The second-order valence-corrected chi connectivity index (χ2v) is 7.13. The third-order valence-electron chi connectivity index (χ3n) is 4.02. The van der Waals surface area contributed by atoms with Crippen LogP contribution < -0.4 is 5.32 Å². The van der Waals surface area contributed by atoms with E-state index in [1.807, 2.05) is 47.8 Å². The molecular formula is C20H20N2O4S. The highest BCUT2D eigenvalue weighted by Gasteiger charge is 2.17. The molecule has 27 heavy (non-hydrogen) atoms. The van der Waals surface area contributed by atoms with Crippen molar-refractivity contribution in [1.82, 2.24) is 10.3 Å². The van der Waals surface area contributed by atoms with E-state index in [4.69, 9.17) is 9.52 Å². The van der Waals surface area contributed by atoms with Gasteiger partial charge < -0.3 is 14.8 Å². The number of carbonyl (C=O) groups is 2. The second kappa shape index (κ2) is 9.14. The Hall–Kier alpha value is -2.93. The van der Waals surface area contributed by atoms with Gasteiger partial charge in [0.05, 0.1) is 17.0 Å².